The molecule has 2 rings (SSSR count). The lowest BCUT2D eigenvalue weighted by atomic mass is 10.3. The van der Waals surface area contributed by atoms with Crippen LogP contribution in [0.25, 0.3) is 5.52 Å². The molecule has 0 aliphatic carbocycles. The number of nitrogens with zero attached hydrogens (tertiary/aromatic N) is 2. The monoisotopic (exact) mass is 210 g/mol. The third kappa shape index (κ3) is 1.93. The van der Waals surface area contributed by atoms with Crippen molar-refractivity contribution in [3.05, 3.63) is 29.7 Å². The highest BCUT2D eigenvalue weighted by Crippen LogP contribution is 2.20. The van der Waals surface area contributed by atoms with Crippen LogP contribution in [-0.4, -0.2) is 16.7 Å². The molecular weight excluding hydrogens is 195 g/mol. The number of hydrogen-bond acceptors (Lipinski definition) is 2. The zero-order valence-electron chi connectivity index (χ0n) is 9.41. The molecule has 0 fully saturated rings. The molecule has 82 valence electrons. The highest BCUT2D eigenvalue weighted by Gasteiger charge is 2.09. The number of rotatable bonds is 1. The highest BCUT2D eigenvalue weighted by atomic mass is 19.1. The molecule has 0 saturated carbocycles. The van der Waals surface area contributed by atoms with Crippen LogP contribution in [0.15, 0.2) is 18.3 Å². The summed E-state index contributed by atoms with van der Waals surface area (Å²) in [4.78, 5) is 0. The van der Waals surface area contributed by atoms with Crippen LogP contribution in [0.1, 0.15) is 19.4 Å². The van der Waals surface area contributed by atoms with Gasteiger partial charge in [-0.25, -0.2) is 4.39 Å². The summed E-state index contributed by atoms with van der Waals surface area (Å²) in [7, 11) is 1.43. The van der Waals surface area contributed by atoms with Crippen LogP contribution in [-0.2, 0) is 0 Å². The number of halogens is 1. The van der Waals surface area contributed by atoms with E-state index in [9.17, 15) is 4.39 Å². The molecule has 0 saturated heterocycles. The Kier molecular flexibility index (Phi) is 3.66. The van der Waals surface area contributed by atoms with Gasteiger partial charge in [-0.1, -0.05) is 13.8 Å². The zero-order valence-corrected chi connectivity index (χ0v) is 9.41. The average Bonchev–Trinajstić information content (AvgIpc) is 2.63. The van der Waals surface area contributed by atoms with Crippen molar-refractivity contribution in [3.8, 4) is 5.88 Å². The van der Waals surface area contributed by atoms with E-state index in [-0.39, 0.29) is 5.88 Å². The van der Waals surface area contributed by atoms with Gasteiger partial charge in [0.05, 0.1) is 18.8 Å². The van der Waals surface area contributed by atoms with Gasteiger partial charge in [0.1, 0.15) is 0 Å². The molecule has 0 aliphatic rings. The summed E-state index contributed by atoms with van der Waals surface area (Å²) in [5.41, 5.74) is 1.86. The molecule has 0 bridgehead atoms. The van der Waals surface area contributed by atoms with Crippen molar-refractivity contribution in [2.24, 2.45) is 0 Å². The van der Waals surface area contributed by atoms with E-state index in [2.05, 4.69) is 5.10 Å². The number of hydrogen-bond donors (Lipinski definition) is 0. The van der Waals surface area contributed by atoms with Crippen LogP contribution < -0.4 is 4.74 Å². The quantitative estimate of drug-likeness (QED) is 0.723. The SMILES string of the molecule is CC.COc1c(F)ccc2c(C)cnn12. The van der Waals surface area contributed by atoms with E-state index in [4.69, 9.17) is 4.74 Å². The van der Waals surface area contributed by atoms with Gasteiger partial charge in [0.25, 0.3) is 5.88 Å². The summed E-state index contributed by atoms with van der Waals surface area (Å²) in [5, 5.41) is 4.00. The van der Waals surface area contributed by atoms with Crippen LogP contribution in [0.4, 0.5) is 4.39 Å². The molecule has 0 spiro atoms. The van der Waals surface area contributed by atoms with Gasteiger partial charge in [-0.05, 0) is 24.6 Å². The Morgan fingerprint density at radius 3 is 2.60 bits per heavy atom. The van der Waals surface area contributed by atoms with Gasteiger partial charge >= 0.3 is 0 Å². The molecule has 3 nitrogen and oxygen atoms in total. The standard InChI is InChI=1S/C9H9FN2O.C2H6/c1-6-5-11-12-8(6)4-3-7(10)9(12)13-2;1-2/h3-5H,1-2H3;1-2H3. The zero-order chi connectivity index (χ0) is 11.4. The summed E-state index contributed by atoms with van der Waals surface area (Å²) < 4.78 is 19.5. The molecule has 15 heavy (non-hydrogen) atoms. The topological polar surface area (TPSA) is 26.5 Å². The first kappa shape index (κ1) is 11.5. The smallest absolute Gasteiger partial charge is 0.251 e. The van der Waals surface area contributed by atoms with E-state index in [1.54, 1.807) is 12.3 Å². The Bertz CT molecular complexity index is 451. The molecule has 0 N–H and O–H groups in total. The molecule has 0 unspecified atom stereocenters. The van der Waals surface area contributed by atoms with Crippen LogP contribution >= 0.6 is 0 Å². The van der Waals surface area contributed by atoms with E-state index >= 15 is 0 Å². The minimum absolute atomic E-state index is 0.144. The lowest BCUT2D eigenvalue weighted by Crippen LogP contribution is -1.98. The summed E-state index contributed by atoms with van der Waals surface area (Å²) in [6.45, 7) is 5.92. The Morgan fingerprint density at radius 1 is 1.33 bits per heavy atom. The number of fused-ring (bicyclic) bond motifs is 1. The second-order valence-corrected chi connectivity index (χ2v) is 2.82. The first-order chi connectivity index (χ1) is 7.24. The van der Waals surface area contributed by atoms with E-state index in [0.717, 1.165) is 11.1 Å². The molecule has 0 atom stereocenters. The number of ether oxygens (including phenoxy) is 1. The predicted molar refractivity (Wildman–Crippen MR) is 57.8 cm³/mol. The van der Waals surface area contributed by atoms with Gasteiger partial charge in [0.2, 0.25) is 0 Å². The Labute approximate surface area is 88.5 Å². The highest BCUT2D eigenvalue weighted by molar-refractivity contribution is 5.54. The number of aromatic nitrogens is 2. The third-order valence-electron chi connectivity index (χ3n) is 1.98. The minimum atomic E-state index is -0.405. The van der Waals surface area contributed by atoms with E-state index in [0.29, 0.717) is 0 Å². The average molecular weight is 210 g/mol. The summed E-state index contributed by atoms with van der Waals surface area (Å²) >= 11 is 0. The number of aryl methyl sites for hydroxylation is 1. The lowest BCUT2D eigenvalue weighted by molar-refractivity contribution is 0.357. The van der Waals surface area contributed by atoms with Gasteiger partial charge in [0.15, 0.2) is 5.82 Å². The Hall–Kier alpha value is -1.58. The van der Waals surface area contributed by atoms with Crippen molar-refractivity contribution in [2.75, 3.05) is 7.11 Å². The lowest BCUT2D eigenvalue weighted by Gasteiger charge is -2.03. The van der Waals surface area contributed by atoms with Crippen molar-refractivity contribution in [1.82, 2.24) is 9.61 Å². The van der Waals surface area contributed by atoms with Crippen LogP contribution in [0, 0.1) is 12.7 Å². The van der Waals surface area contributed by atoms with Gasteiger partial charge in [-0.3, -0.25) is 0 Å². The fourth-order valence-corrected chi connectivity index (χ4v) is 1.31. The summed E-state index contributed by atoms with van der Waals surface area (Å²) in [6.07, 6.45) is 1.68. The van der Waals surface area contributed by atoms with Crippen LogP contribution in [0.3, 0.4) is 0 Å². The van der Waals surface area contributed by atoms with Gasteiger partial charge in [-0.15, -0.1) is 0 Å². The Morgan fingerprint density at radius 2 is 2.00 bits per heavy atom. The normalized spacial score (nSPS) is 9.67. The van der Waals surface area contributed by atoms with Crippen molar-refractivity contribution in [3.63, 3.8) is 0 Å². The maximum atomic E-state index is 13.1. The molecule has 2 aromatic rings. The van der Waals surface area contributed by atoms with Crippen LogP contribution in [0.2, 0.25) is 0 Å². The molecule has 0 radical (unpaired) electrons. The molecule has 0 amide bonds. The van der Waals surface area contributed by atoms with Crippen molar-refractivity contribution in [2.45, 2.75) is 20.8 Å². The first-order valence-electron chi connectivity index (χ1n) is 4.91. The molecule has 2 aromatic heterocycles. The summed E-state index contributed by atoms with van der Waals surface area (Å²) in [6, 6.07) is 3.06. The van der Waals surface area contributed by atoms with Crippen molar-refractivity contribution < 1.29 is 9.13 Å². The maximum absolute atomic E-state index is 13.1. The van der Waals surface area contributed by atoms with Crippen LogP contribution in [0.5, 0.6) is 5.88 Å². The Balaban J connectivity index is 0.000000531. The van der Waals surface area contributed by atoms with E-state index < -0.39 is 5.82 Å². The van der Waals surface area contributed by atoms with E-state index in [1.165, 1.54) is 17.7 Å². The second-order valence-electron chi connectivity index (χ2n) is 2.82. The minimum Gasteiger partial charge on any atom is -0.479 e. The van der Waals surface area contributed by atoms with Crippen molar-refractivity contribution >= 4 is 5.52 Å². The molecule has 0 aromatic carbocycles. The molecular formula is C11H15FN2O. The molecule has 0 aliphatic heterocycles. The van der Waals surface area contributed by atoms with Crippen molar-refractivity contribution in [1.29, 1.82) is 0 Å². The largest absolute Gasteiger partial charge is 0.479 e. The summed E-state index contributed by atoms with van der Waals surface area (Å²) in [5.74, 6) is -0.260. The second kappa shape index (κ2) is 4.77. The third-order valence-corrected chi connectivity index (χ3v) is 1.98. The number of methoxy groups -OCH3 is 1. The number of pyridine rings is 1. The van der Waals surface area contributed by atoms with Gasteiger partial charge < -0.3 is 4.74 Å². The fraction of sp³-hybridized carbons (Fsp3) is 0.364. The fourth-order valence-electron chi connectivity index (χ4n) is 1.31. The van der Waals surface area contributed by atoms with Gasteiger partial charge in [-0.2, -0.15) is 9.61 Å². The van der Waals surface area contributed by atoms with E-state index in [1.807, 2.05) is 20.8 Å². The molecule has 2 heterocycles. The maximum Gasteiger partial charge on any atom is 0.251 e. The predicted octanol–water partition coefficient (Wildman–Crippen LogP) is 2.82. The van der Waals surface area contributed by atoms with Gasteiger partial charge in [0, 0.05) is 0 Å². The molecule has 4 heteroatoms. The first-order valence-corrected chi connectivity index (χ1v) is 4.91.